The second-order valence-electron chi connectivity index (χ2n) is 1.68. The van der Waals surface area contributed by atoms with Crippen LogP contribution < -0.4 is 0 Å². The summed E-state index contributed by atoms with van der Waals surface area (Å²) in [5.41, 5.74) is 0.220. The fraction of sp³-hybridized carbons (Fsp3) is 0. The van der Waals surface area contributed by atoms with Crippen molar-refractivity contribution in [3.8, 4) is 0 Å². The number of aromatic nitrogens is 1. The van der Waals surface area contributed by atoms with Gasteiger partial charge in [-0.2, -0.15) is 0 Å². The SMILES string of the molecule is O=C(O)c1cccnc1.[Cl][Au]([Cl])[Cl]. The molecular weight excluding hydrogens is 421 g/mol. The molecule has 0 unspecified atom stereocenters. The molecule has 0 saturated heterocycles. The topological polar surface area (TPSA) is 50.2 Å². The van der Waals surface area contributed by atoms with Crippen LogP contribution in [0.15, 0.2) is 24.5 Å². The number of carboxylic acid groups (broad SMARTS) is 1. The van der Waals surface area contributed by atoms with Crippen molar-refractivity contribution in [2.24, 2.45) is 0 Å². The van der Waals surface area contributed by atoms with Crippen LogP contribution >= 0.6 is 27.6 Å². The predicted molar refractivity (Wildman–Crippen MR) is 48.8 cm³/mol. The van der Waals surface area contributed by atoms with Crippen LogP contribution in [0.2, 0.25) is 0 Å². The van der Waals surface area contributed by atoms with E-state index in [0.717, 1.165) is 0 Å². The molecule has 13 heavy (non-hydrogen) atoms. The number of pyridine rings is 1. The molecule has 0 aliphatic heterocycles. The average Bonchev–Trinajstić information content (AvgIpc) is 2.05. The average molecular weight is 426 g/mol. The molecule has 0 aliphatic carbocycles. The number of halogens is 3. The summed E-state index contributed by atoms with van der Waals surface area (Å²) in [5, 5.41) is 8.34. The van der Waals surface area contributed by atoms with Crippen molar-refractivity contribution in [3.63, 3.8) is 0 Å². The van der Waals surface area contributed by atoms with E-state index in [4.69, 9.17) is 32.7 Å². The molecule has 0 amide bonds. The van der Waals surface area contributed by atoms with Gasteiger partial charge in [0.05, 0.1) is 5.56 Å². The zero-order valence-corrected chi connectivity index (χ0v) is 10.5. The van der Waals surface area contributed by atoms with Crippen molar-refractivity contribution in [2.75, 3.05) is 0 Å². The Bertz CT molecular complexity index is 255. The molecule has 3 nitrogen and oxygen atoms in total. The van der Waals surface area contributed by atoms with Crippen LogP contribution in [0, 0.1) is 0 Å². The first-order chi connectivity index (χ1) is 6.04. The molecule has 1 heterocycles. The van der Waals surface area contributed by atoms with Gasteiger partial charge in [0.1, 0.15) is 0 Å². The minimum atomic E-state index is -1.79. The minimum absolute atomic E-state index is 0.220. The molecule has 1 N–H and O–H groups in total. The first-order valence-corrected chi connectivity index (χ1v) is 10.8. The van der Waals surface area contributed by atoms with Crippen molar-refractivity contribution < 1.29 is 25.1 Å². The Balaban J connectivity index is 0.000000310. The second kappa shape index (κ2) is 7.62. The van der Waals surface area contributed by atoms with Crippen molar-refractivity contribution in [3.05, 3.63) is 30.1 Å². The van der Waals surface area contributed by atoms with E-state index >= 15 is 0 Å². The van der Waals surface area contributed by atoms with E-state index in [1.807, 2.05) is 0 Å². The first-order valence-electron chi connectivity index (χ1n) is 2.78. The molecule has 0 aromatic carbocycles. The molecule has 0 atom stereocenters. The van der Waals surface area contributed by atoms with E-state index in [9.17, 15) is 4.79 Å². The van der Waals surface area contributed by atoms with E-state index in [1.165, 1.54) is 18.5 Å². The van der Waals surface area contributed by atoms with E-state index in [1.54, 1.807) is 6.07 Å². The fourth-order valence-corrected chi connectivity index (χ4v) is 0.489. The molecule has 1 rings (SSSR count). The standard InChI is InChI=1S/C6H5NO2.Au.3ClH/c8-6(9)5-2-1-3-7-4-5;;;;/h1-4H,(H,8,9);;3*1H/q;+3;;;/p-3. The Morgan fingerprint density at radius 3 is 2.23 bits per heavy atom. The molecule has 0 radical (unpaired) electrons. The van der Waals surface area contributed by atoms with E-state index in [-0.39, 0.29) is 5.56 Å². The summed E-state index contributed by atoms with van der Waals surface area (Å²) in [6.07, 6.45) is 2.84. The predicted octanol–water partition coefficient (Wildman–Crippen LogP) is 2.85. The molecule has 1 aromatic heterocycles. The van der Waals surface area contributed by atoms with Gasteiger partial charge in [0.2, 0.25) is 0 Å². The summed E-state index contributed by atoms with van der Waals surface area (Å²) in [6.45, 7) is 0. The summed E-state index contributed by atoms with van der Waals surface area (Å²) < 4.78 is 0. The van der Waals surface area contributed by atoms with E-state index in [0.29, 0.717) is 0 Å². The molecule has 78 valence electrons. The Labute approximate surface area is 93.2 Å². The maximum absolute atomic E-state index is 10.2. The van der Waals surface area contributed by atoms with Crippen LogP contribution in [-0.2, 0) is 15.2 Å². The monoisotopic (exact) mass is 425 g/mol. The summed E-state index contributed by atoms with van der Waals surface area (Å²) in [4.78, 5) is 13.8. The number of carbonyl (C=O) groups is 1. The number of aromatic carboxylic acids is 1. The number of carboxylic acids is 1. The van der Waals surface area contributed by atoms with E-state index < -0.39 is 21.2 Å². The Kier molecular flexibility index (Phi) is 7.75. The first kappa shape index (κ1) is 13.2. The number of hydrogen-bond donors (Lipinski definition) is 1. The normalized spacial score (nSPS) is 9.62. The van der Waals surface area contributed by atoms with Gasteiger partial charge in [-0.1, -0.05) is 0 Å². The van der Waals surface area contributed by atoms with Gasteiger partial charge in [0.15, 0.2) is 0 Å². The quantitative estimate of drug-likeness (QED) is 0.703. The van der Waals surface area contributed by atoms with Gasteiger partial charge in [0.25, 0.3) is 0 Å². The van der Waals surface area contributed by atoms with Crippen LogP contribution in [0.25, 0.3) is 0 Å². The third-order valence-electron chi connectivity index (χ3n) is 0.908. The van der Waals surface area contributed by atoms with E-state index in [2.05, 4.69) is 4.98 Å². The van der Waals surface area contributed by atoms with Gasteiger partial charge in [-0.05, 0) is 12.1 Å². The molecule has 0 aliphatic rings. The molecular formula is C6H5AuCl3NO2. The Hall–Kier alpha value is 0.230. The Morgan fingerprint density at radius 2 is 2.00 bits per heavy atom. The molecule has 0 bridgehead atoms. The summed E-state index contributed by atoms with van der Waals surface area (Å²) in [6, 6.07) is 3.08. The van der Waals surface area contributed by atoms with Gasteiger partial charge in [-0.3, -0.25) is 4.98 Å². The summed E-state index contributed by atoms with van der Waals surface area (Å²) in [7, 11) is 14.9. The number of rotatable bonds is 1. The van der Waals surface area contributed by atoms with Crippen LogP contribution in [0.1, 0.15) is 10.4 Å². The molecule has 7 heteroatoms. The van der Waals surface area contributed by atoms with Gasteiger partial charge in [-0.25, -0.2) is 4.79 Å². The zero-order valence-electron chi connectivity index (χ0n) is 6.05. The molecule has 0 fully saturated rings. The van der Waals surface area contributed by atoms with Crippen LogP contribution in [-0.4, -0.2) is 16.1 Å². The van der Waals surface area contributed by atoms with Crippen molar-refractivity contribution in [1.82, 2.24) is 4.98 Å². The third kappa shape index (κ3) is 8.56. The van der Waals surface area contributed by atoms with Gasteiger partial charge in [0, 0.05) is 12.4 Å². The van der Waals surface area contributed by atoms with Gasteiger partial charge >= 0.3 is 48.7 Å². The molecule has 0 spiro atoms. The molecule has 1 aromatic rings. The fourth-order valence-electron chi connectivity index (χ4n) is 0.489. The zero-order chi connectivity index (χ0) is 10.3. The second-order valence-corrected chi connectivity index (χ2v) is 11.1. The van der Waals surface area contributed by atoms with Gasteiger partial charge < -0.3 is 5.11 Å². The molecule has 0 saturated carbocycles. The Morgan fingerprint density at radius 1 is 1.46 bits per heavy atom. The summed E-state index contributed by atoms with van der Waals surface area (Å²) in [5.74, 6) is -0.942. The number of nitrogens with zero attached hydrogens (tertiary/aromatic N) is 1. The van der Waals surface area contributed by atoms with Crippen LogP contribution in [0.3, 0.4) is 0 Å². The van der Waals surface area contributed by atoms with Gasteiger partial charge in [-0.15, -0.1) is 0 Å². The van der Waals surface area contributed by atoms with Crippen molar-refractivity contribution in [2.45, 2.75) is 0 Å². The van der Waals surface area contributed by atoms with Crippen molar-refractivity contribution >= 4 is 33.5 Å². The third-order valence-corrected chi connectivity index (χ3v) is 0.908. The number of hydrogen-bond acceptors (Lipinski definition) is 2. The van der Waals surface area contributed by atoms with Crippen LogP contribution in [0.5, 0.6) is 0 Å². The van der Waals surface area contributed by atoms with Crippen molar-refractivity contribution in [1.29, 1.82) is 0 Å². The maximum atomic E-state index is 10.2. The summed E-state index contributed by atoms with van der Waals surface area (Å²) >= 11 is -1.79. The van der Waals surface area contributed by atoms with Crippen LogP contribution in [0.4, 0.5) is 0 Å².